The van der Waals surface area contributed by atoms with E-state index in [9.17, 15) is 4.79 Å². The molecule has 0 bridgehead atoms. The van der Waals surface area contributed by atoms with Crippen molar-refractivity contribution in [2.75, 3.05) is 39.3 Å². The van der Waals surface area contributed by atoms with Crippen molar-refractivity contribution in [3.8, 4) is 0 Å². The summed E-state index contributed by atoms with van der Waals surface area (Å²) in [6, 6.07) is 27.0. The van der Waals surface area contributed by atoms with Gasteiger partial charge < -0.3 is 20.4 Å². The lowest BCUT2D eigenvalue weighted by molar-refractivity contribution is -0.133. The van der Waals surface area contributed by atoms with Crippen LogP contribution in [-0.2, 0) is 11.3 Å². The molecule has 0 unspecified atom stereocenters. The van der Waals surface area contributed by atoms with Gasteiger partial charge in [0.15, 0.2) is 0 Å². The fourth-order valence-electron chi connectivity index (χ4n) is 6.16. The Labute approximate surface area is 255 Å². The Morgan fingerprint density at radius 1 is 0.854 bits per heavy atom. The summed E-state index contributed by atoms with van der Waals surface area (Å²) in [7, 11) is 0. The summed E-state index contributed by atoms with van der Waals surface area (Å²) in [4.78, 5) is 18.8. The van der Waals surface area contributed by atoms with E-state index in [0.29, 0.717) is 23.1 Å². The molecule has 41 heavy (non-hydrogen) atoms. The van der Waals surface area contributed by atoms with E-state index in [2.05, 4.69) is 81.1 Å². The van der Waals surface area contributed by atoms with Gasteiger partial charge in [-0.3, -0.25) is 4.79 Å². The van der Waals surface area contributed by atoms with Gasteiger partial charge in [-0.05, 0) is 67.6 Å². The second-order valence-electron chi connectivity index (χ2n) is 11.4. The number of nitrogens with one attached hydrogen (secondary N) is 2. The van der Waals surface area contributed by atoms with Crippen molar-refractivity contribution in [1.29, 1.82) is 0 Å². The van der Waals surface area contributed by atoms with Gasteiger partial charge in [0.1, 0.15) is 0 Å². The van der Waals surface area contributed by atoms with Crippen LogP contribution in [0.2, 0.25) is 10.0 Å². The molecule has 2 saturated heterocycles. The summed E-state index contributed by atoms with van der Waals surface area (Å²) in [6.45, 7) is 6.14. The Kier molecular flexibility index (Phi) is 11.1. The molecule has 5 rings (SSSR count). The van der Waals surface area contributed by atoms with Gasteiger partial charge in [0.2, 0.25) is 5.91 Å². The topological polar surface area (TPSA) is 47.6 Å². The zero-order valence-electron chi connectivity index (χ0n) is 23.8. The number of hydrogen-bond donors (Lipinski definition) is 2. The maximum Gasteiger partial charge on any atom is 0.239 e. The van der Waals surface area contributed by atoms with Crippen molar-refractivity contribution in [3.05, 3.63) is 106 Å². The van der Waals surface area contributed by atoms with E-state index in [1.165, 1.54) is 30.4 Å². The summed E-state index contributed by atoms with van der Waals surface area (Å²) >= 11 is 12.3. The molecular formula is C34H42Cl2N4O. The second kappa shape index (κ2) is 15.2. The molecule has 218 valence electrons. The van der Waals surface area contributed by atoms with Crippen LogP contribution in [0.25, 0.3) is 0 Å². The van der Waals surface area contributed by atoms with E-state index in [1.807, 2.05) is 18.2 Å². The molecule has 2 atom stereocenters. The van der Waals surface area contributed by atoms with Crippen molar-refractivity contribution in [3.63, 3.8) is 0 Å². The second-order valence-corrected chi connectivity index (χ2v) is 12.2. The zero-order valence-corrected chi connectivity index (χ0v) is 25.3. The number of rotatable bonds is 11. The smallest absolute Gasteiger partial charge is 0.239 e. The molecule has 3 aromatic carbocycles. The third-order valence-electron chi connectivity index (χ3n) is 8.49. The highest BCUT2D eigenvalue weighted by atomic mass is 35.5. The molecule has 2 aliphatic rings. The fourth-order valence-corrected chi connectivity index (χ4v) is 6.48. The summed E-state index contributed by atoms with van der Waals surface area (Å²) in [5.41, 5.74) is 3.59. The number of amides is 1. The normalized spacial score (nSPS) is 20.4. The fraction of sp³-hybridized carbons (Fsp3) is 0.441. The van der Waals surface area contributed by atoms with Crippen LogP contribution in [0, 0.1) is 0 Å². The maximum absolute atomic E-state index is 14.1. The number of hydrogen-bond acceptors (Lipinski definition) is 4. The molecule has 0 saturated carbocycles. The molecule has 2 N–H and O–H groups in total. The van der Waals surface area contributed by atoms with Crippen molar-refractivity contribution in [2.24, 2.45) is 0 Å². The summed E-state index contributed by atoms with van der Waals surface area (Å²) in [5.74, 6) is 0.360. The van der Waals surface area contributed by atoms with E-state index < -0.39 is 0 Å². The summed E-state index contributed by atoms with van der Waals surface area (Å²) < 4.78 is 0. The largest absolute Gasteiger partial charge is 0.340 e. The first-order valence-corrected chi connectivity index (χ1v) is 15.8. The van der Waals surface area contributed by atoms with E-state index in [-0.39, 0.29) is 23.9 Å². The zero-order chi connectivity index (χ0) is 28.4. The first-order chi connectivity index (χ1) is 20.1. The van der Waals surface area contributed by atoms with E-state index >= 15 is 0 Å². The standard InChI is InChI=1S/C34H42Cl2N4O/c35-31-15-14-26(22-32(31)36)23-37-24-29-16-21-40(34(41)33(38-29)17-20-39-18-8-3-9-19-39)25-30(27-10-4-1-5-11-27)28-12-6-2-7-13-28/h1-2,4-7,10-15,22,29-30,33,37-38H,3,8-9,16-21,23-25H2/t29-,33-/m0/s1. The van der Waals surface area contributed by atoms with Crippen LogP contribution in [-0.4, -0.2) is 67.1 Å². The summed E-state index contributed by atoms with van der Waals surface area (Å²) in [6.07, 6.45) is 5.57. The highest BCUT2D eigenvalue weighted by Gasteiger charge is 2.33. The number of benzene rings is 3. The van der Waals surface area contributed by atoms with Gasteiger partial charge in [0.05, 0.1) is 16.1 Å². The van der Waals surface area contributed by atoms with Gasteiger partial charge in [-0.1, -0.05) is 96.4 Å². The van der Waals surface area contributed by atoms with Gasteiger partial charge in [0.25, 0.3) is 0 Å². The Balaban J connectivity index is 1.29. The Hall–Kier alpha value is -2.41. The number of likely N-dealkylation sites (tertiary alicyclic amines) is 1. The number of carbonyl (C=O) groups is 1. The highest BCUT2D eigenvalue weighted by molar-refractivity contribution is 6.42. The molecule has 0 aliphatic carbocycles. The van der Waals surface area contributed by atoms with Gasteiger partial charge in [-0.2, -0.15) is 0 Å². The minimum Gasteiger partial charge on any atom is -0.340 e. The van der Waals surface area contributed by atoms with Crippen molar-refractivity contribution >= 4 is 29.1 Å². The van der Waals surface area contributed by atoms with Crippen LogP contribution >= 0.6 is 23.2 Å². The molecule has 0 spiro atoms. The molecule has 3 aromatic rings. The predicted molar refractivity (Wildman–Crippen MR) is 170 cm³/mol. The molecular weight excluding hydrogens is 551 g/mol. The van der Waals surface area contributed by atoms with Crippen molar-refractivity contribution in [2.45, 2.75) is 56.7 Å². The van der Waals surface area contributed by atoms with Crippen LogP contribution in [0.1, 0.15) is 54.7 Å². The van der Waals surface area contributed by atoms with Gasteiger partial charge in [0, 0.05) is 44.7 Å². The van der Waals surface area contributed by atoms with Crippen LogP contribution in [0.15, 0.2) is 78.9 Å². The molecule has 2 aliphatic heterocycles. The lowest BCUT2D eigenvalue weighted by atomic mass is 9.90. The molecule has 1 amide bonds. The third kappa shape index (κ3) is 8.56. The van der Waals surface area contributed by atoms with Crippen LogP contribution < -0.4 is 10.6 Å². The first-order valence-electron chi connectivity index (χ1n) is 15.1. The monoisotopic (exact) mass is 592 g/mol. The van der Waals surface area contributed by atoms with E-state index in [1.54, 1.807) is 0 Å². The molecule has 0 radical (unpaired) electrons. The average molecular weight is 594 g/mol. The Bertz CT molecular complexity index is 1200. The minimum absolute atomic E-state index is 0.133. The lowest BCUT2D eigenvalue weighted by Gasteiger charge is -2.31. The van der Waals surface area contributed by atoms with E-state index in [4.69, 9.17) is 23.2 Å². The van der Waals surface area contributed by atoms with Gasteiger partial charge in [-0.25, -0.2) is 0 Å². The average Bonchev–Trinajstić information content (AvgIpc) is 3.16. The minimum atomic E-state index is -0.191. The summed E-state index contributed by atoms with van der Waals surface area (Å²) in [5, 5.41) is 8.50. The van der Waals surface area contributed by atoms with E-state index in [0.717, 1.165) is 51.1 Å². The van der Waals surface area contributed by atoms with Crippen LogP contribution in [0.3, 0.4) is 0 Å². The Morgan fingerprint density at radius 3 is 2.20 bits per heavy atom. The molecule has 2 heterocycles. The maximum atomic E-state index is 14.1. The quantitative estimate of drug-likeness (QED) is 0.272. The third-order valence-corrected chi connectivity index (χ3v) is 9.23. The highest BCUT2D eigenvalue weighted by Crippen LogP contribution is 2.27. The SMILES string of the molecule is O=C1[C@H](CCN2CCCCC2)N[C@H](CNCc2ccc(Cl)c(Cl)c2)CCN1CC(c1ccccc1)c1ccccc1. The van der Waals surface area contributed by atoms with Crippen molar-refractivity contribution < 1.29 is 4.79 Å². The molecule has 5 nitrogen and oxygen atoms in total. The van der Waals surface area contributed by atoms with Crippen LogP contribution in [0.4, 0.5) is 0 Å². The predicted octanol–water partition coefficient (Wildman–Crippen LogP) is 6.35. The van der Waals surface area contributed by atoms with Gasteiger partial charge >= 0.3 is 0 Å². The number of carbonyl (C=O) groups excluding carboxylic acids is 1. The number of nitrogens with zero attached hydrogens (tertiary/aromatic N) is 2. The lowest BCUT2D eigenvalue weighted by Crippen LogP contribution is -2.50. The molecule has 0 aromatic heterocycles. The first kappa shape index (κ1) is 30.1. The number of piperidine rings is 1. The van der Waals surface area contributed by atoms with Crippen molar-refractivity contribution in [1.82, 2.24) is 20.4 Å². The molecule has 2 fully saturated rings. The van der Waals surface area contributed by atoms with Crippen LogP contribution in [0.5, 0.6) is 0 Å². The molecule has 7 heteroatoms. The Morgan fingerprint density at radius 2 is 1.54 bits per heavy atom. The van der Waals surface area contributed by atoms with Gasteiger partial charge in [-0.15, -0.1) is 0 Å². The number of halogens is 2.